The van der Waals surface area contributed by atoms with Crippen molar-refractivity contribution in [2.75, 3.05) is 5.09 Å². The lowest BCUT2D eigenvalue weighted by Crippen LogP contribution is -2.22. The molecule has 0 bridgehead atoms. The summed E-state index contributed by atoms with van der Waals surface area (Å²) in [5.41, 5.74) is 1.08. The van der Waals surface area contributed by atoms with E-state index in [1.807, 2.05) is 93.6 Å². The molecule has 0 radical (unpaired) electrons. The molecule has 0 aliphatic carbocycles. The number of para-hydroxylation sites is 1. The fourth-order valence-corrected chi connectivity index (χ4v) is 5.22. The van der Waals surface area contributed by atoms with Gasteiger partial charge in [-0.3, -0.25) is 4.57 Å². The zero-order valence-corrected chi connectivity index (χ0v) is 16.2. The molecule has 0 atom stereocenters. The number of benzene rings is 3. The molecule has 0 unspecified atom stereocenters. The maximum absolute atomic E-state index is 14.1. The van der Waals surface area contributed by atoms with Gasteiger partial charge in [0.25, 0.3) is 0 Å². The monoisotopic (exact) mass is 365 g/mol. The molecule has 26 heavy (non-hydrogen) atoms. The zero-order chi connectivity index (χ0) is 18.8. The van der Waals surface area contributed by atoms with Gasteiger partial charge in [-0.1, -0.05) is 69.3 Å². The number of anilines is 1. The minimum atomic E-state index is -3.16. The van der Waals surface area contributed by atoms with E-state index >= 15 is 0 Å². The average Bonchev–Trinajstić information content (AvgIpc) is 2.64. The normalized spacial score (nSPS) is 12.0. The molecular weight excluding hydrogens is 341 g/mol. The number of phenolic OH excluding ortho intramolecular Hbond substituents is 1. The van der Waals surface area contributed by atoms with Crippen molar-refractivity contribution in [1.82, 2.24) is 0 Å². The summed E-state index contributed by atoms with van der Waals surface area (Å²) in [7, 11) is -3.16. The fraction of sp³-hybridized carbons (Fsp3) is 0.182. The third-order valence-corrected chi connectivity index (χ3v) is 6.97. The van der Waals surface area contributed by atoms with E-state index in [2.05, 4.69) is 5.09 Å². The number of rotatable bonds is 4. The van der Waals surface area contributed by atoms with Crippen LogP contribution in [0.15, 0.2) is 78.9 Å². The van der Waals surface area contributed by atoms with E-state index < -0.39 is 7.29 Å². The van der Waals surface area contributed by atoms with Crippen molar-refractivity contribution in [3.8, 4) is 5.75 Å². The van der Waals surface area contributed by atoms with E-state index in [0.717, 1.165) is 5.56 Å². The van der Waals surface area contributed by atoms with Gasteiger partial charge in [-0.25, -0.2) is 0 Å². The predicted molar refractivity (Wildman–Crippen MR) is 110 cm³/mol. The molecule has 0 aromatic heterocycles. The Hall–Kier alpha value is -2.51. The maximum atomic E-state index is 14.1. The quantitative estimate of drug-likeness (QED) is 0.504. The molecule has 134 valence electrons. The SMILES string of the molecule is CC(C)(C)c1cccc(NP(=O)(c2ccccc2)c2ccccc2)c1O. The molecule has 2 N–H and O–H groups in total. The van der Waals surface area contributed by atoms with E-state index in [-0.39, 0.29) is 11.2 Å². The smallest absolute Gasteiger partial charge is 0.227 e. The Labute approximate surface area is 155 Å². The van der Waals surface area contributed by atoms with E-state index in [9.17, 15) is 9.67 Å². The molecule has 0 fully saturated rings. The summed E-state index contributed by atoms with van der Waals surface area (Å²) < 4.78 is 14.1. The second kappa shape index (κ2) is 7.01. The molecule has 0 aliphatic heterocycles. The summed E-state index contributed by atoms with van der Waals surface area (Å²) in [4.78, 5) is 0. The van der Waals surface area contributed by atoms with Gasteiger partial charge >= 0.3 is 0 Å². The number of nitrogens with one attached hydrogen (secondary N) is 1. The Bertz CT molecular complexity index is 888. The molecule has 0 spiro atoms. The minimum Gasteiger partial charge on any atom is -0.505 e. The average molecular weight is 365 g/mol. The zero-order valence-electron chi connectivity index (χ0n) is 15.3. The van der Waals surface area contributed by atoms with E-state index in [4.69, 9.17) is 0 Å². The molecule has 4 heteroatoms. The van der Waals surface area contributed by atoms with Gasteiger partial charge in [0, 0.05) is 16.2 Å². The van der Waals surface area contributed by atoms with Crippen molar-refractivity contribution in [2.45, 2.75) is 26.2 Å². The maximum Gasteiger partial charge on any atom is 0.227 e. The van der Waals surface area contributed by atoms with Gasteiger partial charge in [-0.05, 0) is 35.7 Å². The van der Waals surface area contributed by atoms with Gasteiger partial charge in [0.2, 0.25) is 7.29 Å². The van der Waals surface area contributed by atoms with Gasteiger partial charge in [0.15, 0.2) is 0 Å². The lowest BCUT2D eigenvalue weighted by atomic mass is 9.86. The summed E-state index contributed by atoms with van der Waals surface area (Å²) in [6, 6.07) is 24.2. The topological polar surface area (TPSA) is 49.3 Å². The summed E-state index contributed by atoms with van der Waals surface area (Å²) in [5, 5.41) is 15.4. The Morgan fingerprint density at radius 2 is 1.27 bits per heavy atom. The first kappa shape index (κ1) is 18.3. The number of hydrogen-bond donors (Lipinski definition) is 2. The van der Waals surface area contributed by atoms with E-state index in [0.29, 0.717) is 16.3 Å². The summed E-state index contributed by atoms with van der Waals surface area (Å²) in [6.07, 6.45) is 0. The van der Waals surface area contributed by atoms with Gasteiger partial charge in [-0.2, -0.15) is 0 Å². The third-order valence-electron chi connectivity index (χ3n) is 4.36. The van der Waals surface area contributed by atoms with E-state index in [1.54, 1.807) is 6.07 Å². The van der Waals surface area contributed by atoms with Crippen LogP contribution >= 0.6 is 7.29 Å². The van der Waals surface area contributed by atoms with Crippen LogP contribution in [0.2, 0.25) is 0 Å². The van der Waals surface area contributed by atoms with Gasteiger partial charge in [-0.15, -0.1) is 0 Å². The molecule has 3 aromatic rings. The number of phenols is 1. The van der Waals surface area contributed by atoms with Crippen LogP contribution in [0.25, 0.3) is 0 Å². The Balaban J connectivity index is 2.14. The first-order valence-corrected chi connectivity index (χ1v) is 10.3. The first-order valence-electron chi connectivity index (χ1n) is 8.64. The Kier molecular flexibility index (Phi) is 4.93. The van der Waals surface area contributed by atoms with Crippen LogP contribution in [0.4, 0.5) is 5.69 Å². The van der Waals surface area contributed by atoms with Crippen molar-refractivity contribution >= 4 is 23.6 Å². The van der Waals surface area contributed by atoms with Gasteiger partial charge < -0.3 is 10.2 Å². The van der Waals surface area contributed by atoms with Crippen molar-refractivity contribution in [3.63, 3.8) is 0 Å². The highest BCUT2D eigenvalue weighted by Crippen LogP contribution is 2.47. The highest BCUT2D eigenvalue weighted by atomic mass is 31.2. The van der Waals surface area contributed by atoms with Gasteiger partial charge in [0.05, 0.1) is 5.69 Å². The molecule has 0 heterocycles. The molecule has 0 amide bonds. The Morgan fingerprint density at radius 3 is 1.73 bits per heavy atom. The lowest BCUT2D eigenvalue weighted by Gasteiger charge is -2.25. The molecule has 3 aromatic carbocycles. The summed E-state index contributed by atoms with van der Waals surface area (Å²) in [5.74, 6) is 0.145. The van der Waals surface area contributed by atoms with Crippen LogP contribution in [0.3, 0.4) is 0 Å². The second-order valence-corrected chi connectivity index (χ2v) is 9.82. The molecule has 3 nitrogen and oxygen atoms in total. The molecular formula is C22H24NO2P. The fourth-order valence-electron chi connectivity index (χ4n) is 2.96. The van der Waals surface area contributed by atoms with Crippen LogP contribution in [0, 0.1) is 0 Å². The summed E-state index contributed by atoms with van der Waals surface area (Å²) in [6.45, 7) is 6.12. The minimum absolute atomic E-state index is 0.145. The summed E-state index contributed by atoms with van der Waals surface area (Å²) >= 11 is 0. The number of hydrogen-bond acceptors (Lipinski definition) is 2. The second-order valence-electron chi connectivity index (χ2n) is 7.34. The van der Waals surface area contributed by atoms with Crippen molar-refractivity contribution in [1.29, 1.82) is 0 Å². The van der Waals surface area contributed by atoms with Crippen LogP contribution in [-0.4, -0.2) is 5.11 Å². The first-order chi connectivity index (χ1) is 12.3. The van der Waals surface area contributed by atoms with Crippen LogP contribution < -0.4 is 15.7 Å². The highest BCUT2D eigenvalue weighted by Gasteiger charge is 2.29. The number of aromatic hydroxyl groups is 1. The van der Waals surface area contributed by atoms with E-state index in [1.165, 1.54) is 0 Å². The molecule has 0 saturated heterocycles. The van der Waals surface area contributed by atoms with Gasteiger partial charge in [0.1, 0.15) is 5.75 Å². The molecule has 3 rings (SSSR count). The highest BCUT2D eigenvalue weighted by molar-refractivity contribution is 7.80. The lowest BCUT2D eigenvalue weighted by molar-refractivity contribution is 0.449. The van der Waals surface area contributed by atoms with Crippen LogP contribution in [0.1, 0.15) is 26.3 Å². The van der Waals surface area contributed by atoms with Crippen molar-refractivity contribution < 1.29 is 9.67 Å². The predicted octanol–water partition coefficient (Wildman–Crippen LogP) is 5.03. The van der Waals surface area contributed by atoms with Crippen LogP contribution in [-0.2, 0) is 9.98 Å². The van der Waals surface area contributed by atoms with Crippen molar-refractivity contribution in [3.05, 3.63) is 84.4 Å². The largest absolute Gasteiger partial charge is 0.505 e. The Morgan fingerprint density at radius 1 is 0.769 bits per heavy atom. The standard InChI is InChI=1S/C22H24NO2P/c1-22(2,3)19-15-10-16-20(21(19)24)23-26(25,17-11-6-4-7-12-17)18-13-8-5-9-14-18/h4-16,24H,1-3H3,(H,23,25). The molecule has 0 aliphatic rings. The van der Waals surface area contributed by atoms with Crippen LogP contribution in [0.5, 0.6) is 5.75 Å². The van der Waals surface area contributed by atoms with Crippen molar-refractivity contribution in [2.24, 2.45) is 0 Å². The third kappa shape index (κ3) is 3.54. The molecule has 0 saturated carbocycles.